The molecule has 0 bridgehead atoms. The standard InChI is InChI=1S/C23H23FN4O3/c1-23(14-19(27-31-23)15-6-10-18(30-3)11-7-15)22(29)26-20(21-25-12-13-28(21)2)16-4-8-17(24)9-5-16/h4-13,20H,14H2,1-3H3,(H,26,29)/t20-,23-/m0/s1. The van der Waals surface area contributed by atoms with Crippen molar-refractivity contribution in [1.82, 2.24) is 14.9 Å². The summed E-state index contributed by atoms with van der Waals surface area (Å²) in [6, 6.07) is 12.8. The van der Waals surface area contributed by atoms with Crippen LogP contribution in [0.5, 0.6) is 5.75 Å². The number of hydrogen-bond acceptors (Lipinski definition) is 5. The molecule has 0 unspecified atom stereocenters. The van der Waals surface area contributed by atoms with Crippen molar-refractivity contribution >= 4 is 11.6 Å². The van der Waals surface area contributed by atoms with Crippen LogP contribution in [0.3, 0.4) is 0 Å². The number of imidazole rings is 1. The molecule has 1 amide bonds. The number of rotatable bonds is 6. The van der Waals surface area contributed by atoms with E-state index in [0.29, 0.717) is 23.5 Å². The Balaban J connectivity index is 1.54. The second kappa shape index (κ2) is 8.22. The summed E-state index contributed by atoms with van der Waals surface area (Å²) < 4.78 is 20.4. The molecule has 1 aromatic heterocycles. The van der Waals surface area contributed by atoms with Crippen molar-refractivity contribution < 1.29 is 18.8 Å². The van der Waals surface area contributed by atoms with E-state index >= 15 is 0 Å². The Morgan fingerprint density at radius 2 is 1.94 bits per heavy atom. The number of nitrogens with one attached hydrogen (secondary N) is 1. The molecule has 1 N–H and O–H groups in total. The average Bonchev–Trinajstić information content (AvgIpc) is 3.39. The highest BCUT2D eigenvalue weighted by Gasteiger charge is 2.43. The predicted molar refractivity (Wildman–Crippen MR) is 113 cm³/mol. The van der Waals surface area contributed by atoms with Gasteiger partial charge in [-0.05, 0) is 54.4 Å². The molecule has 4 rings (SSSR count). The first-order valence-electron chi connectivity index (χ1n) is 9.83. The molecule has 160 valence electrons. The number of halogens is 1. The van der Waals surface area contributed by atoms with E-state index in [-0.39, 0.29) is 11.7 Å². The van der Waals surface area contributed by atoms with Crippen LogP contribution in [0.15, 0.2) is 66.1 Å². The first kappa shape index (κ1) is 20.6. The van der Waals surface area contributed by atoms with Crippen molar-refractivity contribution in [2.45, 2.75) is 25.0 Å². The molecule has 2 aromatic carbocycles. The first-order valence-corrected chi connectivity index (χ1v) is 9.83. The van der Waals surface area contributed by atoms with Crippen molar-refractivity contribution in [3.05, 3.63) is 83.7 Å². The lowest BCUT2D eigenvalue weighted by atomic mass is 9.94. The topological polar surface area (TPSA) is 77.7 Å². The Morgan fingerprint density at radius 1 is 1.23 bits per heavy atom. The Labute approximate surface area is 179 Å². The van der Waals surface area contributed by atoms with Crippen LogP contribution in [0.25, 0.3) is 0 Å². The minimum Gasteiger partial charge on any atom is -0.497 e. The summed E-state index contributed by atoms with van der Waals surface area (Å²) in [7, 11) is 3.44. The third kappa shape index (κ3) is 4.14. The second-order valence-electron chi connectivity index (χ2n) is 7.62. The third-order valence-corrected chi connectivity index (χ3v) is 5.36. The molecular weight excluding hydrogens is 399 g/mol. The number of ether oxygens (including phenoxy) is 1. The number of oxime groups is 1. The van der Waals surface area contributed by atoms with E-state index in [1.165, 1.54) is 12.1 Å². The normalized spacial score (nSPS) is 18.8. The van der Waals surface area contributed by atoms with E-state index in [4.69, 9.17) is 9.57 Å². The zero-order chi connectivity index (χ0) is 22.0. The fraction of sp³-hybridized carbons (Fsp3) is 0.261. The molecule has 3 aromatic rings. The second-order valence-corrected chi connectivity index (χ2v) is 7.62. The van der Waals surface area contributed by atoms with Crippen molar-refractivity contribution in [3.63, 3.8) is 0 Å². The number of hydrogen-bond donors (Lipinski definition) is 1. The van der Waals surface area contributed by atoms with Gasteiger partial charge in [-0.1, -0.05) is 17.3 Å². The number of benzene rings is 2. The van der Waals surface area contributed by atoms with Gasteiger partial charge in [-0.15, -0.1) is 0 Å². The van der Waals surface area contributed by atoms with Gasteiger partial charge in [-0.25, -0.2) is 9.37 Å². The van der Waals surface area contributed by atoms with E-state index in [9.17, 15) is 9.18 Å². The monoisotopic (exact) mass is 422 g/mol. The SMILES string of the molecule is COc1ccc(C2=NO[C@](C)(C(=O)N[C@@H](c3ccc(F)cc3)c3nccn3C)C2)cc1. The molecular formula is C23H23FN4O3. The smallest absolute Gasteiger partial charge is 0.268 e. The molecule has 0 saturated carbocycles. The van der Waals surface area contributed by atoms with E-state index in [1.807, 2.05) is 35.9 Å². The van der Waals surface area contributed by atoms with Gasteiger partial charge >= 0.3 is 0 Å². The van der Waals surface area contributed by atoms with Crippen LogP contribution in [0.1, 0.15) is 36.3 Å². The minimum atomic E-state index is -1.18. The van der Waals surface area contributed by atoms with Crippen LogP contribution < -0.4 is 10.1 Å². The van der Waals surface area contributed by atoms with Gasteiger partial charge in [-0.3, -0.25) is 4.79 Å². The van der Waals surface area contributed by atoms with E-state index < -0.39 is 11.6 Å². The quantitative estimate of drug-likeness (QED) is 0.661. The number of amides is 1. The third-order valence-electron chi connectivity index (χ3n) is 5.36. The molecule has 1 aliphatic heterocycles. The zero-order valence-corrected chi connectivity index (χ0v) is 17.5. The molecule has 0 fully saturated rings. The molecule has 0 spiro atoms. The van der Waals surface area contributed by atoms with Crippen LogP contribution in [0.4, 0.5) is 4.39 Å². The van der Waals surface area contributed by atoms with Gasteiger partial charge in [0.1, 0.15) is 23.4 Å². The summed E-state index contributed by atoms with van der Waals surface area (Å²) in [6.45, 7) is 1.70. The molecule has 0 saturated heterocycles. The van der Waals surface area contributed by atoms with E-state index in [2.05, 4.69) is 15.5 Å². The van der Waals surface area contributed by atoms with Crippen LogP contribution in [0, 0.1) is 5.82 Å². The summed E-state index contributed by atoms with van der Waals surface area (Å²) in [5, 5.41) is 7.16. The maximum atomic E-state index is 13.4. The summed E-state index contributed by atoms with van der Waals surface area (Å²) in [6.07, 6.45) is 3.75. The number of nitrogens with zero attached hydrogens (tertiary/aromatic N) is 3. The van der Waals surface area contributed by atoms with Crippen molar-refractivity contribution in [2.24, 2.45) is 12.2 Å². The highest BCUT2D eigenvalue weighted by atomic mass is 19.1. The Kier molecular flexibility index (Phi) is 5.46. The molecule has 7 nitrogen and oxygen atoms in total. The maximum Gasteiger partial charge on any atom is 0.268 e. The van der Waals surface area contributed by atoms with Gasteiger partial charge in [0.25, 0.3) is 5.91 Å². The van der Waals surface area contributed by atoms with Crippen molar-refractivity contribution in [2.75, 3.05) is 7.11 Å². The van der Waals surface area contributed by atoms with Gasteiger partial charge in [0.2, 0.25) is 5.60 Å². The lowest BCUT2D eigenvalue weighted by Gasteiger charge is -2.25. The Hall–Kier alpha value is -3.68. The summed E-state index contributed by atoms with van der Waals surface area (Å²) in [5.74, 6) is 0.674. The highest BCUT2D eigenvalue weighted by Crippen LogP contribution is 2.29. The van der Waals surface area contributed by atoms with Crippen molar-refractivity contribution in [1.29, 1.82) is 0 Å². The highest BCUT2D eigenvalue weighted by molar-refractivity contribution is 6.05. The molecule has 31 heavy (non-hydrogen) atoms. The van der Waals surface area contributed by atoms with Gasteiger partial charge in [0.15, 0.2) is 0 Å². The molecule has 1 aliphatic rings. The van der Waals surface area contributed by atoms with Gasteiger partial charge < -0.3 is 19.5 Å². The minimum absolute atomic E-state index is 0.307. The van der Waals surface area contributed by atoms with Crippen LogP contribution >= 0.6 is 0 Å². The lowest BCUT2D eigenvalue weighted by Crippen LogP contribution is -2.46. The van der Waals surface area contributed by atoms with Crippen LogP contribution in [-0.2, 0) is 16.7 Å². The fourth-order valence-corrected chi connectivity index (χ4v) is 3.49. The van der Waals surface area contributed by atoms with E-state index in [0.717, 1.165) is 11.3 Å². The molecule has 2 atom stereocenters. The summed E-state index contributed by atoms with van der Waals surface area (Å²) in [5.41, 5.74) is 1.06. The maximum absolute atomic E-state index is 13.4. The van der Waals surface area contributed by atoms with Crippen LogP contribution in [-0.4, -0.2) is 33.9 Å². The molecule has 0 aliphatic carbocycles. The number of carbonyl (C=O) groups is 1. The number of aromatic nitrogens is 2. The molecule has 2 heterocycles. The fourth-order valence-electron chi connectivity index (χ4n) is 3.49. The number of methoxy groups -OCH3 is 1. The molecule has 8 heteroatoms. The number of aryl methyl sites for hydroxylation is 1. The Bertz CT molecular complexity index is 1110. The number of carbonyl (C=O) groups excluding carboxylic acids is 1. The summed E-state index contributed by atoms with van der Waals surface area (Å²) in [4.78, 5) is 23.2. The van der Waals surface area contributed by atoms with Gasteiger partial charge in [0, 0.05) is 25.9 Å². The van der Waals surface area contributed by atoms with Gasteiger partial charge in [0.05, 0.1) is 12.8 Å². The largest absolute Gasteiger partial charge is 0.497 e. The predicted octanol–water partition coefficient (Wildman–Crippen LogP) is 3.36. The Morgan fingerprint density at radius 3 is 2.55 bits per heavy atom. The van der Waals surface area contributed by atoms with E-state index in [1.54, 1.807) is 38.6 Å². The van der Waals surface area contributed by atoms with Gasteiger partial charge in [-0.2, -0.15) is 0 Å². The first-order chi connectivity index (χ1) is 14.9. The van der Waals surface area contributed by atoms with Crippen molar-refractivity contribution in [3.8, 4) is 5.75 Å². The van der Waals surface area contributed by atoms with Crippen LogP contribution in [0.2, 0.25) is 0 Å². The lowest BCUT2D eigenvalue weighted by molar-refractivity contribution is -0.142. The molecule has 0 radical (unpaired) electrons. The average molecular weight is 422 g/mol. The zero-order valence-electron chi connectivity index (χ0n) is 17.5. The summed E-state index contributed by atoms with van der Waals surface area (Å²) >= 11 is 0.